The third-order valence-electron chi connectivity index (χ3n) is 4.82. The van der Waals surface area contributed by atoms with Gasteiger partial charge < -0.3 is 10.0 Å². The molecule has 3 aromatic carbocycles. The van der Waals surface area contributed by atoms with Gasteiger partial charge in [0, 0.05) is 6.54 Å². The second kappa shape index (κ2) is 6.19. The molecule has 0 radical (unpaired) electrons. The van der Waals surface area contributed by atoms with Crippen LogP contribution in [0.3, 0.4) is 0 Å². The fourth-order valence-corrected chi connectivity index (χ4v) is 3.59. The van der Waals surface area contributed by atoms with Crippen molar-refractivity contribution in [3.05, 3.63) is 108 Å². The molecule has 4 rings (SSSR count). The lowest BCUT2D eigenvalue weighted by atomic mass is 9.73. The van der Waals surface area contributed by atoms with Crippen LogP contribution in [0.2, 0.25) is 0 Å². The highest BCUT2D eigenvalue weighted by Gasteiger charge is 2.61. The van der Waals surface area contributed by atoms with Gasteiger partial charge in [0.2, 0.25) is 0 Å². The van der Waals surface area contributed by atoms with Gasteiger partial charge in [-0.2, -0.15) is 0 Å². The smallest absolute Gasteiger partial charge is 0.262 e. The highest BCUT2D eigenvalue weighted by molar-refractivity contribution is 5.94. The van der Waals surface area contributed by atoms with Crippen molar-refractivity contribution in [3.8, 4) is 0 Å². The predicted molar refractivity (Wildman–Crippen MR) is 96.5 cm³/mol. The lowest BCUT2D eigenvalue weighted by molar-refractivity contribution is -0.198. The number of rotatable bonds is 4. The van der Waals surface area contributed by atoms with Crippen LogP contribution in [0, 0.1) is 0 Å². The van der Waals surface area contributed by atoms with E-state index >= 15 is 0 Å². The van der Waals surface area contributed by atoms with Gasteiger partial charge in [0.15, 0.2) is 5.60 Å². The van der Waals surface area contributed by atoms with Gasteiger partial charge in [-0.05, 0) is 16.7 Å². The Morgan fingerprint density at radius 2 is 1.32 bits per heavy atom. The number of likely N-dealkylation sites (tertiary alicyclic amines) is 1. The summed E-state index contributed by atoms with van der Waals surface area (Å²) in [6.07, 6.45) is 0. The van der Waals surface area contributed by atoms with E-state index in [4.69, 9.17) is 0 Å². The molecule has 0 spiro atoms. The highest BCUT2D eigenvalue weighted by atomic mass is 16.3. The van der Waals surface area contributed by atoms with Gasteiger partial charge in [0.25, 0.3) is 5.91 Å². The van der Waals surface area contributed by atoms with E-state index in [0.717, 1.165) is 11.1 Å². The SMILES string of the molecule is O=C1N(Cc2ccccc2)[C@@H](c2ccccc2)[C@]1(O)c1ccccc1. The van der Waals surface area contributed by atoms with Gasteiger partial charge in [-0.1, -0.05) is 91.0 Å². The first-order valence-corrected chi connectivity index (χ1v) is 8.39. The van der Waals surface area contributed by atoms with E-state index in [1.165, 1.54) is 0 Å². The average molecular weight is 329 g/mol. The maximum Gasteiger partial charge on any atom is 0.262 e. The van der Waals surface area contributed by atoms with Gasteiger partial charge in [0.05, 0.1) is 6.04 Å². The van der Waals surface area contributed by atoms with Crippen molar-refractivity contribution in [3.63, 3.8) is 0 Å². The number of amides is 1. The molecule has 3 heteroatoms. The fourth-order valence-electron chi connectivity index (χ4n) is 3.59. The lowest BCUT2D eigenvalue weighted by Crippen LogP contribution is -2.65. The van der Waals surface area contributed by atoms with Crippen LogP contribution in [-0.2, 0) is 16.9 Å². The van der Waals surface area contributed by atoms with Gasteiger partial charge >= 0.3 is 0 Å². The average Bonchev–Trinajstić information content (AvgIpc) is 2.69. The van der Waals surface area contributed by atoms with Crippen LogP contribution in [0.25, 0.3) is 0 Å². The second-order valence-corrected chi connectivity index (χ2v) is 6.36. The number of hydrogen-bond donors (Lipinski definition) is 1. The molecule has 0 unspecified atom stereocenters. The van der Waals surface area contributed by atoms with Gasteiger partial charge in [-0.25, -0.2) is 0 Å². The summed E-state index contributed by atoms with van der Waals surface area (Å²) < 4.78 is 0. The van der Waals surface area contributed by atoms with Crippen LogP contribution in [0.4, 0.5) is 0 Å². The zero-order valence-electron chi connectivity index (χ0n) is 13.7. The number of hydrogen-bond acceptors (Lipinski definition) is 2. The van der Waals surface area contributed by atoms with Crippen molar-refractivity contribution in [1.29, 1.82) is 0 Å². The summed E-state index contributed by atoms with van der Waals surface area (Å²) in [6.45, 7) is 0.481. The van der Waals surface area contributed by atoms with Crippen molar-refractivity contribution >= 4 is 5.91 Å². The van der Waals surface area contributed by atoms with Crippen molar-refractivity contribution in [2.24, 2.45) is 0 Å². The number of carbonyl (C=O) groups excluding carboxylic acids is 1. The molecule has 1 aliphatic rings. The quantitative estimate of drug-likeness (QED) is 0.742. The molecule has 1 aliphatic heterocycles. The minimum Gasteiger partial charge on any atom is -0.373 e. The van der Waals surface area contributed by atoms with E-state index in [1.807, 2.05) is 91.0 Å². The van der Waals surface area contributed by atoms with Crippen molar-refractivity contribution < 1.29 is 9.90 Å². The Balaban J connectivity index is 1.75. The lowest BCUT2D eigenvalue weighted by Gasteiger charge is -2.53. The summed E-state index contributed by atoms with van der Waals surface area (Å²) >= 11 is 0. The monoisotopic (exact) mass is 329 g/mol. The van der Waals surface area contributed by atoms with Crippen LogP contribution in [-0.4, -0.2) is 15.9 Å². The molecule has 1 saturated heterocycles. The molecule has 1 heterocycles. The van der Waals surface area contributed by atoms with E-state index in [-0.39, 0.29) is 5.91 Å². The van der Waals surface area contributed by atoms with Gasteiger partial charge in [0.1, 0.15) is 0 Å². The Labute approximate surface area is 147 Å². The second-order valence-electron chi connectivity index (χ2n) is 6.36. The summed E-state index contributed by atoms with van der Waals surface area (Å²) in [5, 5.41) is 11.3. The highest BCUT2D eigenvalue weighted by Crippen LogP contribution is 2.50. The molecular formula is C22H19NO2. The fraction of sp³-hybridized carbons (Fsp3) is 0.136. The Kier molecular flexibility index (Phi) is 3.86. The molecule has 0 aliphatic carbocycles. The zero-order chi connectivity index (χ0) is 17.3. The predicted octanol–water partition coefficient (Wildman–Crippen LogP) is 3.66. The third-order valence-corrected chi connectivity index (χ3v) is 4.82. The molecule has 2 atom stereocenters. The van der Waals surface area contributed by atoms with Crippen LogP contribution in [0.15, 0.2) is 91.0 Å². The van der Waals surface area contributed by atoms with Gasteiger partial charge in [-0.3, -0.25) is 4.79 Å². The van der Waals surface area contributed by atoms with Crippen LogP contribution >= 0.6 is 0 Å². The molecule has 1 fully saturated rings. The molecule has 0 saturated carbocycles. The maximum atomic E-state index is 12.9. The Morgan fingerprint density at radius 1 is 0.800 bits per heavy atom. The maximum absolute atomic E-state index is 12.9. The first kappa shape index (κ1) is 15.6. The largest absolute Gasteiger partial charge is 0.373 e. The summed E-state index contributed by atoms with van der Waals surface area (Å²) in [5.74, 6) is -0.253. The van der Waals surface area contributed by atoms with Gasteiger partial charge in [-0.15, -0.1) is 0 Å². The van der Waals surface area contributed by atoms with E-state index in [2.05, 4.69) is 0 Å². The standard InChI is InChI=1S/C22H19NO2/c24-21-22(25,19-14-8-3-9-15-19)20(18-12-6-2-7-13-18)23(21)16-17-10-4-1-5-11-17/h1-15,20,25H,16H2/t20-,22+/m0/s1. The number of β-lactam (4-membered cyclic amide) rings is 1. The summed E-state index contributed by atoms with van der Waals surface area (Å²) in [4.78, 5) is 14.7. The summed E-state index contributed by atoms with van der Waals surface area (Å²) in [6, 6.07) is 28.4. The molecule has 3 aromatic rings. The molecule has 1 amide bonds. The normalized spacial score (nSPS) is 22.5. The molecule has 3 nitrogen and oxygen atoms in total. The van der Waals surface area contributed by atoms with E-state index in [0.29, 0.717) is 12.1 Å². The van der Waals surface area contributed by atoms with E-state index in [1.54, 1.807) is 4.90 Å². The minimum atomic E-state index is -1.52. The number of carbonyl (C=O) groups is 1. The Hall–Kier alpha value is -2.91. The van der Waals surface area contributed by atoms with E-state index in [9.17, 15) is 9.90 Å². The van der Waals surface area contributed by atoms with Crippen molar-refractivity contribution in [2.75, 3.05) is 0 Å². The van der Waals surface area contributed by atoms with Crippen LogP contribution in [0.5, 0.6) is 0 Å². The molecular weight excluding hydrogens is 310 g/mol. The molecule has 1 N–H and O–H groups in total. The first-order valence-electron chi connectivity index (χ1n) is 8.39. The topological polar surface area (TPSA) is 40.5 Å². The number of aliphatic hydroxyl groups is 1. The number of benzene rings is 3. The van der Waals surface area contributed by atoms with Crippen LogP contribution in [0.1, 0.15) is 22.7 Å². The van der Waals surface area contributed by atoms with E-state index < -0.39 is 11.6 Å². The Bertz CT molecular complexity index is 864. The van der Waals surface area contributed by atoms with Crippen molar-refractivity contribution in [2.45, 2.75) is 18.2 Å². The third kappa shape index (κ3) is 2.53. The zero-order valence-corrected chi connectivity index (χ0v) is 13.7. The summed E-state index contributed by atoms with van der Waals surface area (Å²) in [7, 11) is 0. The molecule has 124 valence electrons. The molecule has 25 heavy (non-hydrogen) atoms. The molecule has 0 aromatic heterocycles. The first-order chi connectivity index (χ1) is 12.2. The van der Waals surface area contributed by atoms with Crippen molar-refractivity contribution in [1.82, 2.24) is 4.90 Å². The number of nitrogens with zero attached hydrogens (tertiary/aromatic N) is 1. The minimum absolute atomic E-state index is 0.253. The van der Waals surface area contributed by atoms with Crippen LogP contribution < -0.4 is 0 Å². The summed E-state index contributed by atoms with van der Waals surface area (Å²) in [5.41, 5.74) is 1.10. The Morgan fingerprint density at radius 3 is 1.92 bits per heavy atom. The molecule has 0 bridgehead atoms.